The molecule has 110 valence electrons. The van der Waals surface area contributed by atoms with E-state index in [-0.39, 0.29) is 5.78 Å². The lowest BCUT2D eigenvalue weighted by Gasteiger charge is -2.11. The van der Waals surface area contributed by atoms with E-state index in [4.69, 9.17) is 9.47 Å². The van der Waals surface area contributed by atoms with E-state index < -0.39 is 0 Å². The van der Waals surface area contributed by atoms with E-state index in [9.17, 15) is 4.79 Å². The van der Waals surface area contributed by atoms with E-state index in [2.05, 4.69) is 4.98 Å². The van der Waals surface area contributed by atoms with Gasteiger partial charge < -0.3 is 9.47 Å². The van der Waals surface area contributed by atoms with Gasteiger partial charge in [0, 0.05) is 13.3 Å². The minimum atomic E-state index is -0.125. The average Bonchev–Trinajstić information content (AvgIpc) is 2.47. The van der Waals surface area contributed by atoms with E-state index in [0.29, 0.717) is 30.2 Å². The van der Waals surface area contributed by atoms with Crippen molar-refractivity contribution in [2.24, 2.45) is 0 Å². The number of pyridine rings is 1. The van der Waals surface area contributed by atoms with E-state index in [1.54, 1.807) is 25.4 Å². The molecule has 0 aliphatic heterocycles. The lowest BCUT2D eigenvalue weighted by Crippen LogP contribution is -2.11. The molecule has 1 aromatic carbocycles. The number of hydrogen-bond acceptors (Lipinski definition) is 4. The van der Waals surface area contributed by atoms with Gasteiger partial charge in [0.1, 0.15) is 18.1 Å². The number of carbonyl (C=O) groups is 1. The van der Waals surface area contributed by atoms with Crippen LogP contribution < -0.4 is 4.74 Å². The first-order valence-corrected chi connectivity index (χ1v) is 6.82. The van der Waals surface area contributed by atoms with Gasteiger partial charge in [-0.15, -0.1) is 0 Å². The molecule has 0 radical (unpaired) electrons. The van der Waals surface area contributed by atoms with Crippen molar-refractivity contribution >= 4 is 5.78 Å². The number of aryl methyl sites for hydroxylation is 2. The molecule has 1 heterocycles. The molecule has 0 atom stereocenters. The number of carbonyl (C=O) groups excluding carboxylic acids is 1. The zero-order valence-corrected chi connectivity index (χ0v) is 12.6. The van der Waals surface area contributed by atoms with Gasteiger partial charge in [-0.2, -0.15) is 0 Å². The third-order valence-corrected chi connectivity index (χ3v) is 3.11. The van der Waals surface area contributed by atoms with Crippen LogP contribution in [0.5, 0.6) is 5.75 Å². The number of ketones is 1. The van der Waals surface area contributed by atoms with Gasteiger partial charge in [0.2, 0.25) is 5.78 Å². The number of para-hydroxylation sites is 1. The largest absolute Gasteiger partial charge is 0.490 e. The van der Waals surface area contributed by atoms with E-state index in [1.807, 2.05) is 32.0 Å². The maximum absolute atomic E-state index is 12.7. The van der Waals surface area contributed by atoms with Gasteiger partial charge in [-0.3, -0.25) is 9.78 Å². The molecule has 0 amide bonds. The Labute approximate surface area is 124 Å². The van der Waals surface area contributed by atoms with Gasteiger partial charge in [-0.1, -0.05) is 18.2 Å². The number of rotatable bonds is 6. The van der Waals surface area contributed by atoms with Gasteiger partial charge >= 0.3 is 0 Å². The highest BCUT2D eigenvalue weighted by Gasteiger charge is 2.17. The van der Waals surface area contributed by atoms with Crippen molar-refractivity contribution in [3.05, 3.63) is 58.9 Å². The maximum atomic E-state index is 12.7. The highest BCUT2D eigenvalue weighted by atomic mass is 16.5. The highest BCUT2D eigenvalue weighted by molar-refractivity contribution is 6.10. The highest BCUT2D eigenvalue weighted by Crippen LogP contribution is 2.22. The fourth-order valence-corrected chi connectivity index (χ4v) is 2.10. The van der Waals surface area contributed by atoms with E-state index in [0.717, 1.165) is 11.1 Å². The van der Waals surface area contributed by atoms with Crippen molar-refractivity contribution in [3.8, 4) is 5.75 Å². The van der Waals surface area contributed by atoms with Gasteiger partial charge in [0.15, 0.2) is 0 Å². The van der Waals surface area contributed by atoms with Crippen LogP contribution in [-0.2, 0) is 4.74 Å². The summed E-state index contributed by atoms with van der Waals surface area (Å²) in [6.45, 7) is 4.73. The van der Waals surface area contributed by atoms with Crippen LogP contribution in [0.3, 0.4) is 0 Å². The lowest BCUT2D eigenvalue weighted by molar-refractivity contribution is 0.102. The molecule has 0 saturated carbocycles. The quantitative estimate of drug-likeness (QED) is 0.605. The molecule has 4 nitrogen and oxygen atoms in total. The average molecular weight is 285 g/mol. The van der Waals surface area contributed by atoms with Crippen molar-refractivity contribution in [2.75, 3.05) is 20.3 Å². The molecular weight excluding hydrogens is 266 g/mol. The Hall–Kier alpha value is -2.20. The van der Waals surface area contributed by atoms with Crippen LogP contribution in [0, 0.1) is 13.8 Å². The van der Waals surface area contributed by atoms with Crippen LogP contribution in [0.25, 0.3) is 0 Å². The Morgan fingerprint density at radius 3 is 2.67 bits per heavy atom. The molecule has 1 aromatic heterocycles. The Morgan fingerprint density at radius 1 is 1.19 bits per heavy atom. The number of benzene rings is 1. The fraction of sp³-hybridized carbons (Fsp3) is 0.294. The maximum Gasteiger partial charge on any atom is 0.215 e. The minimum absolute atomic E-state index is 0.125. The van der Waals surface area contributed by atoms with Crippen molar-refractivity contribution in [3.63, 3.8) is 0 Å². The Morgan fingerprint density at radius 2 is 1.95 bits per heavy atom. The summed E-state index contributed by atoms with van der Waals surface area (Å²) < 4.78 is 10.6. The lowest BCUT2D eigenvalue weighted by atomic mass is 10.0. The standard InChI is InChI=1S/C17H19NO3/c1-12-10-13(2)16(18-11-12)17(19)14-6-4-5-7-15(14)21-9-8-20-3/h4-7,10-11H,8-9H2,1-3H3. The monoisotopic (exact) mass is 285 g/mol. The predicted molar refractivity (Wildman–Crippen MR) is 81.0 cm³/mol. The second-order valence-electron chi connectivity index (χ2n) is 4.84. The van der Waals surface area contributed by atoms with Gasteiger partial charge in [0.05, 0.1) is 12.2 Å². The summed E-state index contributed by atoms with van der Waals surface area (Å²) in [5.41, 5.74) is 2.89. The van der Waals surface area contributed by atoms with E-state index in [1.165, 1.54) is 0 Å². The summed E-state index contributed by atoms with van der Waals surface area (Å²) in [5, 5.41) is 0. The summed E-state index contributed by atoms with van der Waals surface area (Å²) >= 11 is 0. The molecular formula is C17H19NO3. The molecule has 21 heavy (non-hydrogen) atoms. The van der Waals surface area contributed by atoms with Gasteiger partial charge in [0.25, 0.3) is 0 Å². The molecule has 0 saturated heterocycles. The van der Waals surface area contributed by atoms with Crippen LogP contribution in [0.1, 0.15) is 27.2 Å². The first-order chi connectivity index (χ1) is 10.1. The summed E-state index contributed by atoms with van der Waals surface area (Å²) in [6, 6.07) is 9.15. The number of aromatic nitrogens is 1. The molecule has 2 aromatic rings. The van der Waals surface area contributed by atoms with Crippen molar-refractivity contribution in [2.45, 2.75) is 13.8 Å². The molecule has 0 unspecified atom stereocenters. The Balaban J connectivity index is 2.30. The molecule has 0 fully saturated rings. The van der Waals surface area contributed by atoms with Crippen LogP contribution in [0.4, 0.5) is 0 Å². The Bertz CT molecular complexity index is 638. The zero-order chi connectivity index (χ0) is 15.2. The third-order valence-electron chi connectivity index (χ3n) is 3.11. The summed E-state index contributed by atoms with van der Waals surface area (Å²) in [7, 11) is 1.61. The number of methoxy groups -OCH3 is 1. The van der Waals surface area contributed by atoms with E-state index >= 15 is 0 Å². The molecule has 0 spiro atoms. The van der Waals surface area contributed by atoms with Crippen molar-refractivity contribution in [1.82, 2.24) is 4.98 Å². The fourth-order valence-electron chi connectivity index (χ4n) is 2.10. The first-order valence-electron chi connectivity index (χ1n) is 6.82. The number of nitrogens with zero attached hydrogens (tertiary/aromatic N) is 1. The topological polar surface area (TPSA) is 48.4 Å². The smallest absolute Gasteiger partial charge is 0.215 e. The zero-order valence-electron chi connectivity index (χ0n) is 12.6. The molecule has 0 N–H and O–H groups in total. The summed E-state index contributed by atoms with van der Waals surface area (Å²) in [4.78, 5) is 16.9. The second kappa shape index (κ2) is 6.99. The second-order valence-corrected chi connectivity index (χ2v) is 4.84. The third kappa shape index (κ3) is 3.67. The van der Waals surface area contributed by atoms with Crippen LogP contribution in [0.15, 0.2) is 36.5 Å². The van der Waals surface area contributed by atoms with Crippen LogP contribution >= 0.6 is 0 Å². The molecule has 0 aliphatic carbocycles. The predicted octanol–water partition coefficient (Wildman–Crippen LogP) is 2.95. The normalized spacial score (nSPS) is 10.4. The SMILES string of the molecule is COCCOc1ccccc1C(=O)c1ncc(C)cc1C. The van der Waals surface area contributed by atoms with Gasteiger partial charge in [-0.25, -0.2) is 0 Å². The number of ether oxygens (including phenoxy) is 2. The first kappa shape index (κ1) is 15.2. The molecule has 0 aliphatic rings. The van der Waals surface area contributed by atoms with Crippen LogP contribution in [-0.4, -0.2) is 31.1 Å². The Kier molecular flexibility index (Phi) is 5.06. The summed E-state index contributed by atoms with van der Waals surface area (Å²) in [6.07, 6.45) is 1.70. The van der Waals surface area contributed by atoms with Crippen molar-refractivity contribution in [1.29, 1.82) is 0 Å². The molecule has 0 bridgehead atoms. The van der Waals surface area contributed by atoms with Crippen molar-refractivity contribution < 1.29 is 14.3 Å². The minimum Gasteiger partial charge on any atom is -0.490 e. The summed E-state index contributed by atoms with van der Waals surface area (Å²) in [5.74, 6) is 0.432. The van der Waals surface area contributed by atoms with Gasteiger partial charge in [-0.05, 0) is 37.1 Å². The number of hydrogen-bond donors (Lipinski definition) is 0. The van der Waals surface area contributed by atoms with Crippen LogP contribution in [0.2, 0.25) is 0 Å². The molecule has 4 heteroatoms. The molecule has 2 rings (SSSR count).